The molecular formula is C15H20N2O3. The zero-order chi connectivity index (χ0) is 14.5. The highest BCUT2D eigenvalue weighted by molar-refractivity contribution is 5.86. The van der Waals surface area contributed by atoms with E-state index in [4.69, 9.17) is 0 Å². The van der Waals surface area contributed by atoms with Crippen molar-refractivity contribution < 1.29 is 14.8 Å². The molecule has 0 saturated carbocycles. The van der Waals surface area contributed by atoms with Gasteiger partial charge in [-0.3, -0.25) is 14.8 Å². The standard InChI is InChI=1S/C15H20N2O3/c1-12(18)17(20)14-8-5-10-16(15(14)19)11-9-13-6-3-2-4-7-13/h2-4,6-7,14,20H,5,8-11H2,1H3. The molecule has 0 aliphatic carbocycles. The first-order chi connectivity index (χ1) is 9.59. The van der Waals surface area contributed by atoms with Crippen LogP contribution < -0.4 is 0 Å². The van der Waals surface area contributed by atoms with E-state index < -0.39 is 11.9 Å². The van der Waals surface area contributed by atoms with E-state index in [-0.39, 0.29) is 5.91 Å². The predicted octanol–water partition coefficient (Wildman–Crippen LogP) is 1.46. The van der Waals surface area contributed by atoms with Crippen LogP contribution in [-0.4, -0.2) is 46.1 Å². The molecule has 1 aliphatic rings. The molecule has 1 N–H and O–H groups in total. The maximum absolute atomic E-state index is 12.3. The number of hydrogen-bond acceptors (Lipinski definition) is 3. The van der Waals surface area contributed by atoms with E-state index in [2.05, 4.69) is 0 Å². The third-order valence-corrected chi connectivity index (χ3v) is 3.63. The molecule has 0 bridgehead atoms. The Labute approximate surface area is 118 Å². The van der Waals surface area contributed by atoms with Gasteiger partial charge in [-0.05, 0) is 24.8 Å². The summed E-state index contributed by atoms with van der Waals surface area (Å²) in [5.41, 5.74) is 1.18. The van der Waals surface area contributed by atoms with Crippen LogP contribution in [0.2, 0.25) is 0 Å². The molecule has 2 amide bonds. The van der Waals surface area contributed by atoms with E-state index in [0.29, 0.717) is 24.6 Å². The lowest BCUT2D eigenvalue weighted by Crippen LogP contribution is -2.53. The lowest BCUT2D eigenvalue weighted by atomic mass is 10.0. The van der Waals surface area contributed by atoms with Crippen molar-refractivity contribution in [3.8, 4) is 0 Å². The quantitative estimate of drug-likeness (QED) is 0.669. The average Bonchev–Trinajstić information content (AvgIpc) is 2.46. The maximum atomic E-state index is 12.3. The summed E-state index contributed by atoms with van der Waals surface area (Å²) in [6, 6.07) is 9.24. The van der Waals surface area contributed by atoms with Gasteiger partial charge < -0.3 is 4.90 Å². The Bertz CT molecular complexity index is 475. The molecule has 5 heteroatoms. The number of likely N-dealkylation sites (tertiary alicyclic amines) is 1. The summed E-state index contributed by atoms with van der Waals surface area (Å²) in [6.07, 6.45) is 2.11. The number of hydrogen-bond donors (Lipinski definition) is 1. The molecular weight excluding hydrogens is 256 g/mol. The second kappa shape index (κ2) is 6.52. The summed E-state index contributed by atoms with van der Waals surface area (Å²) in [5.74, 6) is -0.654. The zero-order valence-electron chi connectivity index (χ0n) is 11.7. The summed E-state index contributed by atoms with van der Waals surface area (Å²) in [7, 11) is 0. The smallest absolute Gasteiger partial charge is 0.248 e. The molecule has 0 spiro atoms. The van der Waals surface area contributed by atoms with Gasteiger partial charge in [0.25, 0.3) is 0 Å². The highest BCUT2D eigenvalue weighted by atomic mass is 16.5. The van der Waals surface area contributed by atoms with Crippen molar-refractivity contribution >= 4 is 11.8 Å². The van der Waals surface area contributed by atoms with Crippen LogP contribution in [0.5, 0.6) is 0 Å². The Hall–Kier alpha value is -1.88. The minimum atomic E-state index is -0.725. The number of hydroxylamine groups is 2. The fourth-order valence-corrected chi connectivity index (χ4v) is 2.50. The third-order valence-electron chi connectivity index (χ3n) is 3.63. The molecule has 1 aromatic carbocycles. The number of carbonyl (C=O) groups is 2. The number of amides is 2. The maximum Gasteiger partial charge on any atom is 0.248 e. The van der Waals surface area contributed by atoms with E-state index in [1.165, 1.54) is 12.5 Å². The SMILES string of the molecule is CC(=O)N(O)C1CCCN(CCc2ccccc2)C1=O. The van der Waals surface area contributed by atoms with E-state index in [9.17, 15) is 14.8 Å². The first kappa shape index (κ1) is 14.5. The van der Waals surface area contributed by atoms with Crippen molar-refractivity contribution in [1.82, 2.24) is 9.96 Å². The number of nitrogens with zero attached hydrogens (tertiary/aromatic N) is 2. The van der Waals surface area contributed by atoms with Crippen LogP contribution in [0.15, 0.2) is 30.3 Å². The van der Waals surface area contributed by atoms with E-state index in [1.807, 2.05) is 30.3 Å². The molecule has 108 valence electrons. The first-order valence-corrected chi connectivity index (χ1v) is 6.91. The van der Waals surface area contributed by atoms with Crippen LogP contribution in [0.25, 0.3) is 0 Å². The van der Waals surface area contributed by atoms with E-state index >= 15 is 0 Å². The van der Waals surface area contributed by atoms with E-state index in [1.54, 1.807) is 4.90 Å². The van der Waals surface area contributed by atoms with Gasteiger partial charge in [-0.2, -0.15) is 0 Å². The first-order valence-electron chi connectivity index (χ1n) is 6.91. The average molecular weight is 276 g/mol. The van der Waals surface area contributed by atoms with Gasteiger partial charge in [0.15, 0.2) is 0 Å². The fourth-order valence-electron chi connectivity index (χ4n) is 2.50. The van der Waals surface area contributed by atoms with Gasteiger partial charge in [0.05, 0.1) is 0 Å². The van der Waals surface area contributed by atoms with Crippen LogP contribution in [0.4, 0.5) is 0 Å². The van der Waals surface area contributed by atoms with Crippen LogP contribution in [0, 0.1) is 0 Å². The van der Waals surface area contributed by atoms with Crippen molar-refractivity contribution in [3.63, 3.8) is 0 Å². The summed E-state index contributed by atoms with van der Waals surface area (Å²) < 4.78 is 0. The van der Waals surface area contributed by atoms with Gasteiger partial charge in [-0.15, -0.1) is 0 Å². The van der Waals surface area contributed by atoms with Gasteiger partial charge in [-0.1, -0.05) is 30.3 Å². The Morgan fingerprint density at radius 3 is 2.75 bits per heavy atom. The van der Waals surface area contributed by atoms with Gasteiger partial charge in [-0.25, -0.2) is 5.06 Å². The van der Waals surface area contributed by atoms with Crippen molar-refractivity contribution in [2.75, 3.05) is 13.1 Å². The lowest BCUT2D eigenvalue weighted by Gasteiger charge is -2.35. The van der Waals surface area contributed by atoms with Crippen LogP contribution in [0.3, 0.4) is 0 Å². The molecule has 0 aromatic heterocycles. The monoisotopic (exact) mass is 276 g/mol. The molecule has 0 radical (unpaired) electrons. The van der Waals surface area contributed by atoms with Gasteiger partial charge >= 0.3 is 0 Å². The van der Waals surface area contributed by atoms with Gasteiger partial charge in [0, 0.05) is 20.0 Å². The minimum absolute atomic E-state index is 0.162. The summed E-state index contributed by atoms with van der Waals surface area (Å²) >= 11 is 0. The molecule has 1 unspecified atom stereocenters. The summed E-state index contributed by atoms with van der Waals surface area (Å²) in [4.78, 5) is 25.2. The molecule has 1 atom stereocenters. The Balaban J connectivity index is 1.95. The topological polar surface area (TPSA) is 60.9 Å². The highest BCUT2D eigenvalue weighted by Gasteiger charge is 2.33. The van der Waals surface area contributed by atoms with Crippen molar-refractivity contribution in [2.45, 2.75) is 32.2 Å². The van der Waals surface area contributed by atoms with Gasteiger partial charge in [0.1, 0.15) is 6.04 Å². The third kappa shape index (κ3) is 3.36. The Morgan fingerprint density at radius 1 is 1.40 bits per heavy atom. The minimum Gasteiger partial charge on any atom is -0.340 e. The number of carbonyl (C=O) groups excluding carboxylic acids is 2. The largest absolute Gasteiger partial charge is 0.340 e. The molecule has 5 nitrogen and oxygen atoms in total. The van der Waals surface area contributed by atoms with E-state index in [0.717, 1.165) is 12.8 Å². The molecule has 1 aliphatic heterocycles. The number of rotatable bonds is 4. The fraction of sp³-hybridized carbons (Fsp3) is 0.467. The lowest BCUT2D eigenvalue weighted by molar-refractivity contribution is -0.184. The Morgan fingerprint density at radius 2 is 2.10 bits per heavy atom. The van der Waals surface area contributed by atoms with Crippen LogP contribution in [0.1, 0.15) is 25.3 Å². The summed E-state index contributed by atoms with van der Waals surface area (Å²) in [6.45, 7) is 2.56. The number of benzene rings is 1. The molecule has 1 heterocycles. The normalized spacial score (nSPS) is 19.0. The van der Waals surface area contributed by atoms with Crippen molar-refractivity contribution in [1.29, 1.82) is 0 Å². The molecule has 20 heavy (non-hydrogen) atoms. The van der Waals surface area contributed by atoms with Crippen LogP contribution >= 0.6 is 0 Å². The van der Waals surface area contributed by atoms with Crippen LogP contribution in [-0.2, 0) is 16.0 Å². The second-order valence-corrected chi connectivity index (χ2v) is 5.08. The Kier molecular flexibility index (Phi) is 4.74. The summed E-state index contributed by atoms with van der Waals surface area (Å²) in [5, 5.41) is 10.2. The molecule has 1 fully saturated rings. The zero-order valence-corrected chi connectivity index (χ0v) is 11.7. The molecule has 1 aromatic rings. The highest BCUT2D eigenvalue weighted by Crippen LogP contribution is 2.17. The van der Waals surface area contributed by atoms with Gasteiger partial charge in [0.2, 0.25) is 11.8 Å². The second-order valence-electron chi connectivity index (χ2n) is 5.08. The predicted molar refractivity (Wildman–Crippen MR) is 74.1 cm³/mol. The van der Waals surface area contributed by atoms with Crippen molar-refractivity contribution in [3.05, 3.63) is 35.9 Å². The molecule has 2 rings (SSSR count). The number of piperidine rings is 1. The van der Waals surface area contributed by atoms with Crippen molar-refractivity contribution in [2.24, 2.45) is 0 Å². The molecule has 1 saturated heterocycles.